The van der Waals surface area contributed by atoms with Crippen LogP contribution in [0.3, 0.4) is 0 Å². The molecule has 0 saturated heterocycles. The molecule has 0 bridgehead atoms. The van der Waals surface area contributed by atoms with Gasteiger partial charge in [0.1, 0.15) is 4.88 Å². The fourth-order valence-electron chi connectivity index (χ4n) is 1.42. The summed E-state index contributed by atoms with van der Waals surface area (Å²) in [6.07, 6.45) is 3.64. The number of anilines is 1. The molecule has 2 rings (SSSR count). The number of hydrogen-bond acceptors (Lipinski definition) is 4. The molecular weight excluding hydrogens is 260 g/mol. The molecule has 0 spiro atoms. The SMILES string of the molecule is O=C(Nc1ccncc1)c1sccc1C#CCCO. The van der Waals surface area contributed by atoms with Gasteiger partial charge < -0.3 is 10.4 Å². The van der Waals surface area contributed by atoms with E-state index >= 15 is 0 Å². The van der Waals surface area contributed by atoms with Crippen LogP contribution in [-0.2, 0) is 0 Å². The van der Waals surface area contributed by atoms with Gasteiger partial charge in [-0.15, -0.1) is 11.3 Å². The van der Waals surface area contributed by atoms with Gasteiger partial charge in [-0.25, -0.2) is 0 Å². The van der Waals surface area contributed by atoms with Crippen molar-refractivity contribution in [2.75, 3.05) is 11.9 Å². The normalized spacial score (nSPS) is 9.53. The largest absolute Gasteiger partial charge is 0.395 e. The number of carbonyl (C=O) groups excluding carboxylic acids is 1. The Bertz CT molecular complexity index is 611. The molecule has 2 heterocycles. The molecule has 0 radical (unpaired) electrons. The molecule has 2 N–H and O–H groups in total. The second kappa shape index (κ2) is 6.69. The first-order valence-corrected chi connectivity index (χ1v) is 6.58. The topological polar surface area (TPSA) is 62.2 Å². The Morgan fingerprint density at radius 3 is 2.89 bits per heavy atom. The molecule has 4 nitrogen and oxygen atoms in total. The Balaban J connectivity index is 2.12. The van der Waals surface area contributed by atoms with E-state index in [9.17, 15) is 4.79 Å². The minimum Gasteiger partial charge on any atom is -0.395 e. The van der Waals surface area contributed by atoms with Gasteiger partial charge in [-0.2, -0.15) is 0 Å². The molecule has 1 amide bonds. The number of rotatable bonds is 3. The fraction of sp³-hybridized carbons (Fsp3) is 0.143. The summed E-state index contributed by atoms with van der Waals surface area (Å²) in [5.41, 5.74) is 1.38. The maximum Gasteiger partial charge on any atom is 0.267 e. The summed E-state index contributed by atoms with van der Waals surface area (Å²) < 4.78 is 0. The van der Waals surface area contributed by atoms with Gasteiger partial charge in [0.05, 0.1) is 6.61 Å². The van der Waals surface area contributed by atoms with Crippen molar-refractivity contribution >= 4 is 22.9 Å². The monoisotopic (exact) mass is 272 g/mol. The first-order valence-electron chi connectivity index (χ1n) is 5.70. The number of nitrogens with one attached hydrogen (secondary N) is 1. The van der Waals surface area contributed by atoms with Crippen LogP contribution in [0.1, 0.15) is 21.7 Å². The molecule has 0 saturated carbocycles. The van der Waals surface area contributed by atoms with Crippen LogP contribution in [0.4, 0.5) is 5.69 Å². The Hall–Kier alpha value is -2.16. The van der Waals surface area contributed by atoms with Gasteiger partial charge in [0.2, 0.25) is 0 Å². The van der Waals surface area contributed by atoms with Gasteiger partial charge >= 0.3 is 0 Å². The van der Waals surface area contributed by atoms with Gasteiger partial charge in [-0.05, 0) is 23.6 Å². The quantitative estimate of drug-likeness (QED) is 0.841. The summed E-state index contributed by atoms with van der Waals surface area (Å²) in [5, 5.41) is 13.3. The average molecular weight is 272 g/mol. The van der Waals surface area contributed by atoms with Crippen LogP contribution in [0.5, 0.6) is 0 Å². The zero-order valence-electron chi connectivity index (χ0n) is 10.1. The highest BCUT2D eigenvalue weighted by molar-refractivity contribution is 7.12. The van der Waals surface area contributed by atoms with Gasteiger partial charge in [0.25, 0.3) is 5.91 Å². The third-order valence-corrected chi connectivity index (χ3v) is 3.18. The zero-order chi connectivity index (χ0) is 13.5. The predicted octanol–water partition coefficient (Wildman–Crippen LogP) is 2.13. The third kappa shape index (κ3) is 3.65. The van der Waals surface area contributed by atoms with Crippen LogP contribution in [0.15, 0.2) is 36.0 Å². The maximum absolute atomic E-state index is 12.1. The van der Waals surface area contributed by atoms with E-state index in [1.165, 1.54) is 11.3 Å². The van der Waals surface area contributed by atoms with Crippen molar-refractivity contribution in [2.45, 2.75) is 6.42 Å². The van der Waals surface area contributed by atoms with E-state index in [0.29, 0.717) is 22.5 Å². The third-order valence-electron chi connectivity index (χ3n) is 2.27. The van der Waals surface area contributed by atoms with E-state index in [1.54, 1.807) is 30.6 Å². The van der Waals surface area contributed by atoms with Crippen molar-refractivity contribution in [1.29, 1.82) is 0 Å². The summed E-state index contributed by atoms with van der Waals surface area (Å²) in [6, 6.07) is 5.25. The molecule has 19 heavy (non-hydrogen) atoms. The number of aliphatic hydroxyl groups is 1. The average Bonchev–Trinajstić information content (AvgIpc) is 2.89. The van der Waals surface area contributed by atoms with Gasteiger partial charge in [-0.1, -0.05) is 11.8 Å². The summed E-state index contributed by atoms with van der Waals surface area (Å²) >= 11 is 1.34. The number of pyridine rings is 1. The van der Waals surface area contributed by atoms with Crippen molar-refractivity contribution in [2.24, 2.45) is 0 Å². The number of nitrogens with zero attached hydrogens (tertiary/aromatic N) is 1. The molecule has 0 atom stereocenters. The lowest BCUT2D eigenvalue weighted by Crippen LogP contribution is -2.11. The predicted molar refractivity (Wildman–Crippen MR) is 75.1 cm³/mol. The summed E-state index contributed by atoms with van der Waals surface area (Å²) in [4.78, 5) is 16.6. The molecule has 0 aliphatic carbocycles. The second-order valence-corrected chi connectivity index (χ2v) is 4.54. The van der Waals surface area contributed by atoms with Crippen molar-refractivity contribution in [3.63, 3.8) is 0 Å². The number of amides is 1. The molecular formula is C14H12N2O2S. The van der Waals surface area contributed by atoms with Crippen molar-refractivity contribution in [3.8, 4) is 11.8 Å². The molecule has 2 aromatic heterocycles. The van der Waals surface area contributed by atoms with E-state index < -0.39 is 0 Å². The Morgan fingerprint density at radius 1 is 1.37 bits per heavy atom. The second-order valence-electron chi connectivity index (χ2n) is 3.63. The Labute approximate surface area is 115 Å². The Morgan fingerprint density at radius 2 is 2.16 bits per heavy atom. The van der Waals surface area contributed by atoms with Gasteiger partial charge in [0, 0.05) is 30.1 Å². The highest BCUT2D eigenvalue weighted by atomic mass is 32.1. The van der Waals surface area contributed by atoms with Crippen molar-refractivity contribution < 1.29 is 9.90 Å². The lowest BCUT2D eigenvalue weighted by molar-refractivity contribution is 0.103. The Kier molecular flexibility index (Phi) is 4.67. The highest BCUT2D eigenvalue weighted by Gasteiger charge is 2.11. The molecule has 5 heteroatoms. The minimum atomic E-state index is -0.186. The van der Waals surface area contributed by atoms with Crippen LogP contribution in [0, 0.1) is 11.8 Å². The molecule has 0 aliphatic rings. The smallest absolute Gasteiger partial charge is 0.267 e. The fourth-order valence-corrected chi connectivity index (χ4v) is 2.16. The number of thiophene rings is 1. The molecule has 0 aromatic carbocycles. The number of aliphatic hydroxyl groups excluding tert-OH is 1. The van der Waals surface area contributed by atoms with Crippen LogP contribution >= 0.6 is 11.3 Å². The molecule has 0 unspecified atom stereocenters. The first kappa shape index (κ1) is 13.3. The van der Waals surface area contributed by atoms with Gasteiger partial charge in [-0.3, -0.25) is 9.78 Å². The highest BCUT2D eigenvalue weighted by Crippen LogP contribution is 2.17. The first-order chi connectivity index (χ1) is 9.31. The van der Waals surface area contributed by atoms with Crippen molar-refractivity contribution in [1.82, 2.24) is 4.98 Å². The van der Waals surface area contributed by atoms with Crippen LogP contribution in [0.2, 0.25) is 0 Å². The zero-order valence-corrected chi connectivity index (χ0v) is 10.9. The number of carbonyl (C=O) groups is 1. The number of aromatic nitrogens is 1. The van der Waals surface area contributed by atoms with Crippen LogP contribution in [0.25, 0.3) is 0 Å². The lowest BCUT2D eigenvalue weighted by Gasteiger charge is -2.03. The van der Waals surface area contributed by atoms with E-state index in [4.69, 9.17) is 5.11 Å². The summed E-state index contributed by atoms with van der Waals surface area (Å²) in [7, 11) is 0. The minimum absolute atomic E-state index is 0.0235. The standard InChI is InChI=1S/C14H12N2O2S/c17-9-2-1-3-11-6-10-19-13(11)14(18)16-12-4-7-15-8-5-12/h4-8,10,17H,2,9H2,(H,15,16,18). The van der Waals surface area contributed by atoms with Crippen LogP contribution in [-0.4, -0.2) is 22.6 Å². The van der Waals surface area contributed by atoms with E-state index in [0.717, 1.165) is 0 Å². The van der Waals surface area contributed by atoms with Crippen molar-refractivity contribution in [3.05, 3.63) is 46.4 Å². The summed E-state index contributed by atoms with van der Waals surface area (Å²) in [6.45, 7) is 0.0235. The van der Waals surface area contributed by atoms with Crippen LogP contribution < -0.4 is 5.32 Å². The van der Waals surface area contributed by atoms with Gasteiger partial charge in [0.15, 0.2) is 0 Å². The molecule has 2 aromatic rings. The lowest BCUT2D eigenvalue weighted by atomic mass is 10.2. The number of hydrogen-bond donors (Lipinski definition) is 2. The summed E-state index contributed by atoms with van der Waals surface area (Å²) in [5.74, 6) is 5.52. The van der Waals surface area contributed by atoms with E-state index in [2.05, 4.69) is 22.1 Å². The van der Waals surface area contributed by atoms with E-state index in [-0.39, 0.29) is 12.5 Å². The maximum atomic E-state index is 12.1. The molecule has 96 valence electrons. The van der Waals surface area contributed by atoms with E-state index in [1.807, 2.05) is 5.38 Å². The molecule has 0 fully saturated rings. The molecule has 0 aliphatic heterocycles.